The maximum absolute atomic E-state index is 12.5. The molecule has 0 aliphatic rings. The van der Waals surface area contributed by atoms with Gasteiger partial charge in [0.2, 0.25) is 0 Å². The van der Waals surface area contributed by atoms with E-state index in [2.05, 4.69) is 17.4 Å². The Bertz CT molecular complexity index is 505. The number of hydrogen-bond donors (Lipinski definition) is 1. The van der Waals surface area contributed by atoms with Crippen molar-refractivity contribution in [2.75, 3.05) is 7.11 Å². The molecule has 3 nitrogen and oxygen atoms in total. The molecule has 1 aromatic carbocycles. The highest BCUT2D eigenvalue weighted by atomic mass is 32.1. The Morgan fingerprint density at radius 2 is 2.06 bits per heavy atom. The Balaban J connectivity index is 3.50. The zero-order valence-electron chi connectivity index (χ0n) is 8.50. The van der Waals surface area contributed by atoms with E-state index in [0.29, 0.717) is 6.07 Å². The number of alkyl halides is 3. The number of thiol groups is 1. The van der Waals surface area contributed by atoms with Crippen molar-refractivity contribution in [2.45, 2.75) is 11.1 Å². The number of esters is 1. The van der Waals surface area contributed by atoms with Crippen LogP contribution in [0.3, 0.4) is 0 Å². The lowest BCUT2D eigenvalue weighted by molar-refractivity contribution is -0.137. The number of carbonyl (C=O) groups is 1. The normalized spacial score (nSPS) is 10.8. The van der Waals surface area contributed by atoms with Crippen molar-refractivity contribution < 1.29 is 22.7 Å². The topological polar surface area (TPSA) is 50.1 Å². The van der Waals surface area contributed by atoms with Crippen LogP contribution in [0.4, 0.5) is 13.2 Å². The molecule has 0 aliphatic heterocycles. The molecule has 0 aromatic heterocycles. The molecule has 0 aliphatic carbocycles. The van der Waals surface area contributed by atoms with Gasteiger partial charge in [0.05, 0.1) is 23.8 Å². The first-order valence-electron chi connectivity index (χ1n) is 4.24. The second-order valence-corrected chi connectivity index (χ2v) is 3.43. The fourth-order valence-corrected chi connectivity index (χ4v) is 1.55. The molecule has 0 radical (unpaired) electrons. The highest BCUT2D eigenvalue weighted by Gasteiger charge is 2.35. The molecule has 0 saturated carbocycles. The van der Waals surface area contributed by atoms with Crippen LogP contribution >= 0.6 is 12.6 Å². The Labute approximate surface area is 100 Å². The van der Waals surface area contributed by atoms with Gasteiger partial charge < -0.3 is 4.74 Å². The smallest absolute Gasteiger partial charge is 0.417 e. The van der Waals surface area contributed by atoms with Crippen LogP contribution in [0.2, 0.25) is 0 Å². The van der Waals surface area contributed by atoms with Gasteiger partial charge in [-0.25, -0.2) is 4.79 Å². The summed E-state index contributed by atoms with van der Waals surface area (Å²) in [4.78, 5) is 10.9. The number of nitrogens with zero attached hydrogens (tertiary/aromatic N) is 1. The summed E-state index contributed by atoms with van der Waals surface area (Å²) < 4.78 is 42.0. The number of rotatable bonds is 1. The van der Waals surface area contributed by atoms with E-state index in [1.807, 2.05) is 0 Å². The molecule has 0 unspecified atom stereocenters. The molecule has 90 valence electrons. The lowest BCUT2D eigenvalue weighted by Crippen LogP contribution is -2.11. The van der Waals surface area contributed by atoms with Crippen LogP contribution in [0.15, 0.2) is 17.0 Å². The predicted octanol–water partition coefficient (Wildman–Crippen LogP) is 2.65. The van der Waals surface area contributed by atoms with Gasteiger partial charge in [-0.2, -0.15) is 18.4 Å². The van der Waals surface area contributed by atoms with E-state index in [0.717, 1.165) is 13.2 Å². The van der Waals surface area contributed by atoms with Gasteiger partial charge >= 0.3 is 12.1 Å². The Kier molecular flexibility index (Phi) is 3.68. The largest absolute Gasteiger partial charge is 0.465 e. The van der Waals surface area contributed by atoms with Crippen molar-refractivity contribution in [3.8, 4) is 6.07 Å². The highest BCUT2D eigenvalue weighted by molar-refractivity contribution is 7.80. The minimum atomic E-state index is -4.67. The van der Waals surface area contributed by atoms with Crippen LogP contribution in [-0.4, -0.2) is 13.1 Å². The summed E-state index contributed by atoms with van der Waals surface area (Å²) in [7, 11) is 1.08. The molecule has 1 aromatic rings. The summed E-state index contributed by atoms with van der Waals surface area (Å²) in [5, 5.41) is 8.69. The SMILES string of the molecule is COC(=O)c1ccc(C(F)(F)F)c(C#N)c1S. The Hall–Kier alpha value is -1.68. The van der Waals surface area contributed by atoms with Crippen LogP contribution < -0.4 is 0 Å². The highest BCUT2D eigenvalue weighted by Crippen LogP contribution is 2.35. The third-order valence-electron chi connectivity index (χ3n) is 2.00. The van der Waals surface area contributed by atoms with E-state index < -0.39 is 23.3 Å². The maximum atomic E-state index is 12.5. The van der Waals surface area contributed by atoms with E-state index in [1.54, 1.807) is 0 Å². The summed E-state index contributed by atoms with van der Waals surface area (Å²) in [5.41, 5.74) is -2.00. The number of carbonyl (C=O) groups excluding carboxylic acids is 1. The summed E-state index contributed by atoms with van der Waals surface area (Å²) in [6, 6.07) is 2.97. The number of benzene rings is 1. The van der Waals surface area contributed by atoms with Gasteiger partial charge in [-0.3, -0.25) is 0 Å². The molecule has 0 bridgehead atoms. The molecule has 0 heterocycles. The van der Waals surface area contributed by atoms with Gasteiger partial charge in [-0.1, -0.05) is 0 Å². The van der Waals surface area contributed by atoms with Gasteiger partial charge in [0.15, 0.2) is 0 Å². The second-order valence-electron chi connectivity index (χ2n) is 2.99. The first kappa shape index (κ1) is 13.4. The van der Waals surface area contributed by atoms with Crippen molar-refractivity contribution >= 4 is 18.6 Å². The van der Waals surface area contributed by atoms with E-state index in [-0.39, 0.29) is 10.5 Å². The number of methoxy groups -OCH3 is 1. The van der Waals surface area contributed by atoms with Crippen LogP contribution in [0, 0.1) is 11.3 Å². The Morgan fingerprint density at radius 3 is 2.47 bits per heavy atom. The van der Waals surface area contributed by atoms with Crippen molar-refractivity contribution in [1.29, 1.82) is 5.26 Å². The molecular formula is C10H6F3NO2S. The number of ether oxygens (including phenoxy) is 1. The fourth-order valence-electron chi connectivity index (χ4n) is 1.22. The minimum Gasteiger partial charge on any atom is -0.465 e. The molecule has 0 spiro atoms. The molecule has 0 saturated heterocycles. The van der Waals surface area contributed by atoms with Crippen LogP contribution in [0.5, 0.6) is 0 Å². The maximum Gasteiger partial charge on any atom is 0.417 e. The quantitative estimate of drug-likeness (QED) is 0.624. The van der Waals surface area contributed by atoms with Crippen molar-refractivity contribution in [1.82, 2.24) is 0 Å². The summed E-state index contributed by atoms with van der Waals surface area (Å²) in [6.07, 6.45) is -4.67. The lowest BCUT2D eigenvalue weighted by atomic mass is 10.0. The first-order valence-corrected chi connectivity index (χ1v) is 4.69. The van der Waals surface area contributed by atoms with Crippen LogP contribution in [-0.2, 0) is 10.9 Å². The molecular weight excluding hydrogens is 255 g/mol. The molecule has 1 rings (SSSR count). The van der Waals surface area contributed by atoms with E-state index >= 15 is 0 Å². The molecule has 0 fully saturated rings. The average Bonchev–Trinajstić information content (AvgIpc) is 2.26. The zero-order chi connectivity index (χ0) is 13.2. The van der Waals surface area contributed by atoms with E-state index in [4.69, 9.17) is 5.26 Å². The third-order valence-corrected chi connectivity index (χ3v) is 2.46. The number of nitriles is 1. The van der Waals surface area contributed by atoms with Gasteiger partial charge in [0.1, 0.15) is 6.07 Å². The van der Waals surface area contributed by atoms with Crippen molar-refractivity contribution in [3.05, 3.63) is 28.8 Å². The van der Waals surface area contributed by atoms with Gasteiger partial charge in [-0.15, -0.1) is 12.6 Å². The van der Waals surface area contributed by atoms with Crippen molar-refractivity contribution in [2.24, 2.45) is 0 Å². The zero-order valence-corrected chi connectivity index (χ0v) is 9.39. The van der Waals surface area contributed by atoms with Gasteiger partial charge in [0.25, 0.3) is 0 Å². The number of hydrogen-bond acceptors (Lipinski definition) is 4. The lowest BCUT2D eigenvalue weighted by Gasteiger charge is -2.12. The Morgan fingerprint density at radius 1 is 1.47 bits per heavy atom. The monoisotopic (exact) mass is 261 g/mol. The predicted molar refractivity (Wildman–Crippen MR) is 54.8 cm³/mol. The van der Waals surface area contributed by atoms with Crippen LogP contribution in [0.25, 0.3) is 0 Å². The van der Waals surface area contributed by atoms with Crippen molar-refractivity contribution in [3.63, 3.8) is 0 Å². The number of halogens is 3. The second kappa shape index (κ2) is 4.67. The minimum absolute atomic E-state index is 0.180. The summed E-state index contributed by atoms with van der Waals surface area (Å²) in [5.74, 6) is -0.847. The van der Waals surface area contributed by atoms with Gasteiger partial charge in [0, 0.05) is 4.90 Å². The third kappa shape index (κ3) is 2.53. The average molecular weight is 261 g/mol. The summed E-state index contributed by atoms with van der Waals surface area (Å²) in [6.45, 7) is 0. The van der Waals surface area contributed by atoms with E-state index in [9.17, 15) is 18.0 Å². The molecule has 0 N–H and O–H groups in total. The molecule has 17 heavy (non-hydrogen) atoms. The summed E-state index contributed by atoms with van der Waals surface area (Å²) >= 11 is 3.76. The fraction of sp³-hybridized carbons (Fsp3) is 0.200. The molecule has 0 atom stereocenters. The van der Waals surface area contributed by atoms with E-state index in [1.165, 1.54) is 6.07 Å². The molecule has 7 heteroatoms. The molecule has 0 amide bonds. The van der Waals surface area contributed by atoms with Gasteiger partial charge in [-0.05, 0) is 12.1 Å². The standard InChI is InChI=1S/C10H6F3NO2S/c1-16-9(15)5-2-3-7(10(11,12)13)6(4-14)8(5)17/h2-3,17H,1H3. The first-order chi connectivity index (χ1) is 7.82. The van der Waals surface area contributed by atoms with Crippen LogP contribution in [0.1, 0.15) is 21.5 Å².